The predicted octanol–water partition coefficient (Wildman–Crippen LogP) is 2.17. The lowest BCUT2D eigenvalue weighted by atomic mass is 10.1. The second-order valence-corrected chi connectivity index (χ2v) is 4.27. The molecule has 1 aromatic carbocycles. The van der Waals surface area contributed by atoms with E-state index in [1.807, 2.05) is 0 Å². The van der Waals surface area contributed by atoms with Crippen molar-refractivity contribution < 1.29 is 9.84 Å². The van der Waals surface area contributed by atoms with Crippen molar-refractivity contribution in [3.05, 3.63) is 23.8 Å². The molecular formula is C12H15NO2S. The summed E-state index contributed by atoms with van der Waals surface area (Å²) in [5.74, 6) is 0.937. The number of hydrogen-bond donors (Lipinski definition) is 1. The fraction of sp³-hybridized carbons (Fsp3) is 0.417. The van der Waals surface area contributed by atoms with E-state index in [4.69, 9.17) is 17.0 Å². The molecule has 0 unspecified atom stereocenters. The van der Waals surface area contributed by atoms with Crippen LogP contribution < -0.4 is 4.74 Å². The van der Waals surface area contributed by atoms with Crippen LogP contribution in [0.25, 0.3) is 0 Å². The molecule has 4 heteroatoms. The number of phenols is 1. The van der Waals surface area contributed by atoms with Gasteiger partial charge in [-0.1, -0.05) is 12.2 Å². The van der Waals surface area contributed by atoms with Crippen molar-refractivity contribution in [3.8, 4) is 11.5 Å². The Kier molecular flexibility index (Phi) is 3.29. The summed E-state index contributed by atoms with van der Waals surface area (Å²) >= 11 is 5.39. The fourth-order valence-corrected chi connectivity index (χ4v) is 2.25. The first-order valence-electron chi connectivity index (χ1n) is 5.38. The van der Waals surface area contributed by atoms with Crippen molar-refractivity contribution in [3.63, 3.8) is 0 Å². The number of thiocarbonyl (C=S) groups is 1. The highest BCUT2D eigenvalue weighted by Gasteiger charge is 2.18. The first-order chi connectivity index (χ1) is 7.72. The summed E-state index contributed by atoms with van der Waals surface area (Å²) in [6, 6.07) is 5.14. The number of rotatable bonds is 2. The Labute approximate surface area is 101 Å². The van der Waals surface area contributed by atoms with Crippen LogP contribution in [0.3, 0.4) is 0 Å². The summed E-state index contributed by atoms with van der Waals surface area (Å²) in [5, 5.41) is 9.79. The van der Waals surface area contributed by atoms with Gasteiger partial charge in [0.15, 0.2) is 0 Å². The van der Waals surface area contributed by atoms with Gasteiger partial charge in [-0.3, -0.25) is 0 Å². The Morgan fingerprint density at radius 2 is 2.06 bits per heavy atom. The van der Waals surface area contributed by atoms with E-state index in [1.54, 1.807) is 25.3 Å². The maximum absolute atomic E-state index is 9.79. The van der Waals surface area contributed by atoms with Crippen molar-refractivity contribution in [2.45, 2.75) is 12.8 Å². The van der Waals surface area contributed by atoms with Crippen LogP contribution in [0.15, 0.2) is 18.2 Å². The third-order valence-corrected chi connectivity index (χ3v) is 3.31. The van der Waals surface area contributed by atoms with E-state index in [0.29, 0.717) is 16.3 Å². The minimum absolute atomic E-state index is 0.220. The summed E-state index contributed by atoms with van der Waals surface area (Å²) in [6.45, 7) is 1.96. The van der Waals surface area contributed by atoms with Gasteiger partial charge in [0.2, 0.25) is 0 Å². The third-order valence-electron chi connectivity index (χ3n) is 2.83. The summed E-state index contributed by atoms with van der Waals surface area (Å²) < 4.78 is 5.13. The van der Waals surface area contributed by atoms with Crippen molar-refractivity contribution >= 4 is 17.2 Å². The lowest BCUT2D eigenvalue weighted by Crippen LogP contribution is -2.26. The summed E-state index contributed by atoms with van der Waals surface area (Å²) in [4.78, 5) is 2.85. The molecule has 1 heterocycles. The Bertz CT molecular complexity index is 400. The minimum Gasteiger partial charge on any atom is -0.507 e. The Hall–Kier alpha value is -1.29. The van der Waals surface area contributed by atoms with Gasteiger partial charge in [-0.15, -0.1) is 0 Å². The molecule has 1 N–H and O–H groups in total. The molecule has 0 amide bonds. The van der Waals surface area contributed by atoms with Crippen LogP contribution in [-0.2, 0) is 0 Å². The highest BCUT2D eigenvalue weighted by atomic mass is 32.1. The zero-order valence-electron chi connectivity index (χ0n) is 9.27. The molecule has 0 aromatic heterocycles. The van der Waals surface area contributed by atoms with Crippen LogP contribution in [0.5, 0.6) is 11.5 Å². The molecule has 1 aromatic rings. The van der Waals surface area contributed by atoms with Gasteiger partial charge >= 0.3 is 0 Å². The second-order valence-electron chi connectivity index (χ2n) is 3.88. The zero-order valence-corrected chi connectivity index (χ0v) is 10.1. The molecule has 0 radical (unpaired) electrons. The van der Waals surface area contributed by atoms with E-state index in [1.165, 1.54) is 12.8 Å². The van der Waals surface area contributed by atoms with Crippen molar-refractivity contribution in [1.82, 2.24) is 4.90 Å². The smallest absolute Gasteiger partial charge is 0.126 e. The molecule has 3 nitrogen and oxygen atoms in total. The zero-order chi connectivity index (χ0) is 11.5. The topological polar surface area (TPSA) is 32.7 Å². The molecule has 0 spiro atoms. The van der Waals surface area contributed by atoms with Gasteiger partial charge in [-0.25, -0.2) is 0 Å². The molecule has 1 fully saturated rings. The van der Waals surface area contributed by atoms with Crippen LogP contribution in [0, 0.1) is 0 Å². The molecular weight excluding hydrogens is 222 g/mol. The van der Waals surface area contributed by atoms with Gasteiger partial charge in [0, 0.05) is 13.1 Å². The van der Waals surface area contributed by atoms with Gasteiger partial charge in [0.1, 0.15) is 16.5 Å². The third kappa shape index (κ3) is 2.11. The van der Waals surface area contributed by atoms with Crippen molar-refractivity contribution in [2.75, 3.05) is 20.2 Å². The summed E-state index contributed by atoms with van der Waals surface area (Å²) in [7, 11) is 1.61. The van der Waals surface area contributed by atoms with E-state index in [2.05, 4.69) is 4.90 Å². The van der Waals surface area contributed by atoms with Gasteiger partial charge in [-0.2, -0.15) is 0 Å². The van der Waals surface area contributed by atoms with Crippen LogP contribution in [-0.4, -0.2) is 35.2 Å². The molecule has 2 rings (SSSR count). The average molecular weight is 237 g/mol. The maximum Gasteiger partial charge on any atom is 0.126 e. The number of ether oxygens (including phenoxy) is 1. The van der Waals surface area contributed by atoms with Crippen molar-refractivity contribution in [1.29, 1.82) is 0 Å². The number of nitrogens with zero attached hydrogens (tertiary/aromatic N) is 1. The highest BCUT2D eigenvalue weighted by Crippen LogP contribution is 2.26. The van der Waals surface area contributed by atoms with Crippen LogP contribution in [0.4, 0.5) is 0 Å². The van der Waals surface area contributed by atoms with Crippen LogP contribution in [0.1, 0.15) is 18.4 Å². The van der Waals surface area contributed by atoms with E-state index < -0.39 is 0 Å². The van der Waals surface area contributed by atoms with E-state index in [9.17, 15) is 5.11 Å². The molecule has 0 bridgehead atoms. The van der Waals surface area contributed by atoms with E-state index in [-0.39, 0.29) is 5.75 Å². The van der Waals surface area contributed by atoms with Gasteiger partial charge < -0.3 is 14.7 Å². The Morgan fingerprint density at radius 1 is 1.38 bits per heavy atom. The quantitative estimate of drug-likeness (QED) is 0.799. The first-order valence-corrected chi connectivity index (χ1v) is 5.79. The maximum atomic E-state index is 9.79. The van der Waals surface area contributed by atoms with Crippen molar-refractivity contribution in [2.24, 2.45) is 0 Å². The Balaban J connectivity index is 2.27. The second kappa shape index (κ2) is 4.70. The van der Waals surface area contributed by atoms with E-state index in [0.717, 1.165) is 13.1 Å². The molecule has 0 atom stereocenters. The number of likely N-dealkylation sites (tertiary alicyclic amines) is 1. The summed E-state index contributed by atoms with van der Waals surface area (Å²) in [5.41, 5.74) is 0.691. The lowest BCUT2D eigenvalue weighted by Gasteiger charge is -2.19. The van der Waals surface area contributed by atoms with Gasteiger partial charge in [-0.05, 0) is 31.0 Å². The average Bonchev–Trinajstić information content (AvgIpc) is 2.82. The number of hydrogen-bond acceptors (Lipinski definition) is 3. The molecule has 16 heavy (non-hydrogen) atoms. The normalized spacial score (nSPS) is 15.2. The lowest BCUT2D eigenvalue weighted by molar-refractivity contribution is 0.411. The standard InChI is InChI=1S/C12H15NO2S/c1-15-9-4-5-11(14)10(8-9)12(16)13-6-2-3-7-13/h4-5,8,14H,2-3,6-7H2,1H3. The largest absolute Gasteiger partial charge is 0.507 e. The predicted molar refractivity (Wildman–Crippen MR) is 67.2 cm³/mol. The highest BCUT2D eigenvalue weighted by molar-refractivity contribution is 7.80. The SMILES string of the molecule is COc1ccc(O)c(C(=S)N2CCCC2)c1. The molecule has 86 valence electrons. The first kappa shape index (κ1) is 11.2. The van der Waals surface area contributed by atoms with Crippen LogP contribution >= 0.6 is 12.2 Å². The molecule has 0 saturated carbocycles. The number of phenolic OH excluding ortho intramolecular Hbond substituents is 1. The van der Waals surface area contributed by atoms with Gasteiger partial charge in [0.25, 0.3) is 0 Å². The Morgan fingerprint density at radius 3 is 2.69 bits per heavy atom. The molecule has 1 aliphatic rings. The molecule has 1 aliphatic heterocycles. The summed E-state index contributed by atoms with van der Waals surface area (Å²) in [6.07, 6.45) is 2.34. The molecule has 1 saturated heterocycles. The van der Waals surface area contributed by atoms with E-state index >= 15 is 0 Å². The van der Waals surface area contributed by atoms with Crippen LogP contribution in [0.2, 0.25) is 0 Å². The monoisotopic (exact) mass is 237 g/mol. The molecule has 0 aliphatic carbocycles. The number of benzene rings is 1. The minimum atomic E-state index is 0.220. The van der Waals surface area contributed by atoms with Gasteiger partial charge in [0.05, 0.1) is 12.7 Å². The number of aromatic hydroxyl groups is 1. The fourth-order valence-electron chi connectivity index (χ4n) is 1.90. The number of methoxy groups -OCH3 is 1.